The second kappa shape index (κ2) is 6.38. The minimum Gasteiger partial charge on any atom is -0.493 e. The van der Waals surface area contributed by atoms with Crippen LogP contribution in [0.4, 0.5) is 0 Å². The van der Waals surface area contributed by atoms with Gasteiger partial charge in [0.1, 0.15) is 11.6 Å². The Morgan fingerprint density at radius 1 is 1.32 bits per heavy atom. The predicted octanol–water partition coefficient (Wildman–Crippen LogP) is 1.85. The van der Waals surface area contributed by atoms with E-state index in [1.54, 1.807) is 0 Å². The van der Waals surface area contributed by atoms with Crippen molar-refractivity contribution in [2.75, 3.05) is 13.2 Å². The fourth-order valence-corrected chi connectivity index (χ4v) is 2.15. The highest BCUT2D eigenvalue weighted by molar-refractivity contribution is 5.40. The van der Waals surface area contributed by atoms with Crippen LogP contribution >= 0.6 is 0 Å². The molecule has 0 saturated heterocycles. The molecule has 4 heteroatoms. The lowest BCUT2D eigenvalue weighted by Gasteiger charge is -2.13. The Morgan fingerprint density at radius 3 is 2.84 bits per heavy atom. The third-order valence-corrected chi connectivity index (χ3v) is 3.20. The fourth-order valence-electron chi connectivity index (χ4n) is 2.15. The number of hydrogen-bond donors (Lipinski definition) is 1. The largest absolute Gasteiger partial charge is 0.493 e. The summed E-state index contributed by atoms with van der Waals surface area (Å²) >= 11 is 0. The van der Waals surface area contributed by atoms with E-state index in [1.165, 1.54) is 5.56 Å². The Labute approximate surface area is 114 Å². The van der Waals surface area contributed by atoms with Crippen LogP contribution in [-0.4, -0.2) is 22.7 Å². The van der Waals surface area contributed by atoms with Gasteiger partial charge in [0.05, 0.1) is 6.61 Å². The van der Waals surface area contributed by atoms with Gasteiger partial charge in [0.25, 0.3) is 0 Å². The molecule has 0 radical (unpaired) electrons. The SMILES string of the molecule is Cc1cccc(CCN)c1OCCc1nccn1C. The first-order chi connectivity index (χ1) is 9.22. The molecule has 0 spiro atoms. The van der Waals surface area contributed by atoms with Crippen molar-refractivity contribution in [3.63, 3.8) is 0 Å². The van der Waals surface area contributed by atoms with E-state index in [2.05, 4.69) is 24.0 Å². The van der Waals surface area contributed by atoms with Crippen LogP contribution in [0.3, 0.4) is 0 Å². The number of nitrogens with zero attached hydrogens (tertiary/aromatic N) is 2. The number of aryl methyl sites for hydroxylation is 2. The van der Waals surface area contributed by atoms with Crippen LogP contribution in [0.25, 0.3) is 0 Å². The Hall–Kier alpha value is -1.81. The lowest BCUT2D eigenvalue weighted by Crippen LogP contribution is -2.10. The Kier molecular flexibility index (Phi) is 4.58. The van der Waals surface area contributed by atoms with Gasteiger partial charge < -0.3 is 15.0 Å². The van der Waals surface area contributed by atoms with Gasteiger partial charge in [0.2, 0.25) is 0 Å². The van der Waals surface area contributed by atoms with Gasteiger partial charge in [0, 0.05) is 25.9 Å². The minimum atomic E-state index is 0.632. The first-order valence-electron chi connectivity index (χ1n) is 6.60. The molecule has 1 heterocycles. The molecule has 0 saturated carbocycles. The highest BCUT2D eigenvalue weighted by atomic mass is 16.5. The third-order valence-electron chi connectivity index (χ3n) is 3.20. The highest BCUT2D eigenvalue weighted by Crippen LogP contribution is 2.23. The van der Waals surface area contributed by atoms with Gasteiger partial charge in [-0.3, -0.25) is 0 Å². The molecule has 0 fully saturated rings. The fraction of sp³-hybridized carbons (Fsp3) is 0.400. The Bertz CT molecular complexity index is 534. The maximum absolute atomic E-state index is 5.94. The van der Waals surface area contributed by atoms with Crippen LogP contribution in [-0.2, 0) is 19.9 Å². The topological polar surface area (TPSA) is 53.1 Å². The van der Waals surface area contributed by atoms with Crippen molar-refractivity contribution < 1.29 is 4.74 Å². The van der Waals surface area contributed by atoms with E-state index in [1.807, 2.05) is 30.1 Å². The number of para-hydroxylation sites is 1. The van der Waals surface area contributed by atoms with Gasteiger partial charge in [-0.15, -0.1) is 0 Å². The number of hydrogen-bond acceptors (Lipinski definition) is 3. The molecule has 4 nitrogen and oxygen atoms in total. The molecule has 2 aromatic rings. The first-order valence-corrected chi connectivity index (χ1v) is 6.60. The van der Waals surface area contributed by atoms with Crippen molar-refractivity contribution in [2.24, 2.45) is 12.8 Å². The standard InChI is InChI=1S/C15H21N3O/c1-12-4-3-5-13(6-8-16)15(12)19-11-7-14-17-9-10-18(14)2/h3-5,9-10H,6-8,11,16H2,1-2H3. The summed E-state index contributed by atoms with van der Waals surface area (Å²) in [5.74, 6) is 2.01. The lowest BCUT2D eigenvalue weighted by molar-refractivity contribution is 0.312. The molecule has 0 bridgehead atoms. The van der Waals surface area contributed by atoms with E-state index in [0.29, 0.717) is 13.2 Å². The van der Waals surface area contributed by atoms with E-state index in [0.717, 1.165) is 30.0 Å². The number of imidazole rings is 1. The van der Waals surface area contributed by atoms with Crippen LogP contribution in [0.15, 0.2) is 30.6 Å². The molecule has 19 heavy (non-hydrogen) atoms. The normalized spacial score (nSPS) is 10.7. The average molecular weight is 259 g/mol. The molecule has 0 aliphatic heterocycles. The van der Waals surface area contributed by atoms with Gasteiger partial charge in [-0.05, 0) is 31.0 Å². The zero-order valence-corrected chi connectivity index (χ0v) is 11.6. The smallest absolute Gasteiger partial charge is 0.125 e. The summed E-state index contributed by atoms with van der Waals surface area (Å²) in [4.78, 5) is 4.29. The molecule has 0 unspecified atom stereocenters. The molecule has 0 atom stereocenters. The molecule has 2 rings (SSSR count). The average Bonchev–Trinajstić information content (AvgIpc) is 2.79. The molecule has 0 aliphatic carbocycles. The maximum Gasteiger partial charge on any atom is 0.125 e. The summed E-state index contributed by atoms with van der Waals surface area (Å²) in [6.07, 6.45) is 5.41. The monoisotopic (exact) mass is 259 g/mol. The molecule has 0 amide bonds. The Balaban J connectivity index is 2.01. The van der Waals surface area contributed by atoms with Gasteiger partial charge in [-0.2, -0.15) is 0 Å². The number of aromatic nitrogens is 2. The lowest BCUT2D eigenvalue weighted by atomic mass is 10.1. The van der Waals surface area contributed by atoms with Gasteiger partial charge in [-0.25, -0.2) is 4.98 Å². The summed E-state index contributed by atoms with van der Waals surface area (Å²) in [5, 5.41) is 0. The number of nitrogens with two attached hydrogens (primary N) is 1. The Morgan fingerprint density at radius 2 is 2.16 bits per heavy atom. The number of ether oxygens (including phenoxy) is 1. The summed E-state index contributed by atoms with van der Waals surface area (Å²) < 4.78 is 7.96. The zero-order valence-electron chi connectivity index (χ0n) is 11.6. The van der Waals surface area contributed by atoms with Gasteiger partial charge in [-0.1, -0.05) is 18.2 Å². The van der Waals surface area contributed by atoms with Crippen molar-refractivity contribution in [1.82, 2.24) is 9.55 Å². The molecule has 1 aromatic heterocycles. The summed E-state index contributed by atoms with van der Waals surface area (Å²) in [6, 6.07) is 6.19. The van der Waals surface area contributed by atoms with E-state index < -0.39 is 0 Å². The van der Waals surface area contributed by atoms with Crippen molar-refractivity contribution in [1.29, 1.82) is 0 Å². The molecular formula is C15H21N3O. The van der Waals surface area contributed by atoms with Crippen molar-refractivity contribution in [3.05, 3.63) is 47.5 Å². The highest BCUT2D eigenvalue weighted by Gasteiger charge is 2.07. The summed E-state index contributed by atoms with van der Waals surface area (Å²) in [5.41, 5.74) is 7.98. The van der Waals surface area contributed by atoms with Crippen molar-refractivity contribution >= 4 is 0 Å². The van der Waals surface area contributed by atoms with Crippen molar-refractivity contribution in [2.45, 2.75) is 19.8 Å². The molecular weight excluding hydrogens is 238 g/mol. The molecule has 1 aromatic carbocycles. The number of rotatable bonds is 6. The van der Waals surface area contributed by atoms with Crippen LogP contribution in [0, 0.1) is 6.92 Å². The number of benzene rings is 1. The minimum absolute atomic E-state index is 0.632. The first kappa shape index (κ1) is 13.6. The summed E-state index contributed by atoms with van der Waals surface area (Å²) in [6.45, 7) is 3.34. The van der Waals surface area contributed by atoms with E-state index >= 15 is 0 Å². The quantitative estimate of drug-likeness (QED) is 0.861. The second-order valence-electron chi connectivity index (χ2n) is 4.65. The summed E-state index contributed by atoms with van der Waals surface area (Å²) in [7, 11) is 2.00. The predicted molar refractivity (Wildman–Crippen MR) is 76.3 cm³/mol. The van der Waals surface area contributed by atoms with E-state index in [4.69, 9.17) is 10.5 Å². The maximum atomic E-state index is 5.94. The molecule has 0 aliphatic rings. The third kappa shape index (κ3) is 3.35. The molecule has 102 valence electrons. The second-order valence-corrected chi connectivity index (χ2v) is 4.65. The van der Waals surface area contributed by atoms with Crippen LogP contribution in [0.1, 0.15) is 17.0 Å². The van der Waals surface area contributed by atoms with Crippen molar-refractivity contribution in [3.8, 4) is 5.75 Å². The van der Waals surface area contributed by atoms with E-state index in [9.17, 15) is 0 Å². The van der Waals surface area contributed by atoms with E-state index in [-0.39, 0.29) is 0 Å². The zero-order chi connectivity index (χ0) is 13.7. The van der Waals surface area contributed by atoms with Crippen LogP contribution in [0.5, 0.6) is 5.75 Å². The van der Waals surface area contributed by atoms with Gasteiger partial charge in [0.15, 0.2) is 0 Å². The molecule has 2 N–H and O–H groups in total. The van der Waals surface area contributed by atoms with Crippen LogP contribution < -0.4 is 10.5 Å². The van der Waals surface area contributed by atoms with Crippen LogP contribution in [0.2, 0.25) is 0 Å². The van der Waals surface area contributed by atoms with Gasteiger partial charge >= 0.3 is 0 Å².